The van der Waals surface area contributed by atoms with Gasteiger partial charge in [0, 0.05) is 29.4 Å². The Morgan fingerprint density at radius 2 is 2.06 bits per heavy atom. The molecule has 0 unspecified atom stereocenters. The molecule has 1 fully saturated rings. The Balaban J connectivity index is 1.74. The molecule has 33 heavy (non-hydrogen) atoms. The number of carbonyl (C=O) groups is 1. The summed E-state index contributed by atoms with van der Waals surface area (Å²) >= 11 is 5.93. The van der Waals surface area contributed by atoms with Gasteiger partial charge in [-0.15, -0.1) is 0 Å². The summed E-state index contributed by atoms with van der Waals surface area (Å²) in [7, 11) is 5.37. The van der Waals surface area contributed by atoms with Gasteiger partial charge in [0.2, 0.25) is 5.91 Å². The minimum atomic E-state index is -0.506. The minimum absolute atomic E-state index is 0.00110. The number of fused-ring (bicyclic) bond motifs is 1. The van der Waals surface area contributed by atoms with E-state index in [1.54, 1.807) is 6.07 Å². The number of carbonyl (C=O) groups excluding carboxylic acids is 1. The van der Waals surface area contributed by atoms with Gasteiger partial charge in [0.15, 0.2) is 0 Å². The number of amides is 1. The minimum Gasteiger partial charge on any atom is -0.467 e. The summed E-state index contributed by atoms with van der Waals surface area (Å²) in [6, 6.07) is 8.37. The van der Waals surface area contributed by atoms with E-state index < -0.39 is 5.82 Å². The lowest BCUT2D eigenvalue weighted by Crippen LogP contribution is -2.13. The zero-order valence-corrected chi connectivity index (χ0v) is 19.4. The molecule has 0 spiro atoms. The van der Waals surface area contributed by atoms with Crippen LogP contribution in [0.4, 0.5) is 21.6 Å². The molecule has 172 valence electrons. The van der Waals surface area contributed by atoms with Crippen LogP contribution in [0.15, 0.2) is 42.5 Å². The smallest absolute Gasteiger partial charge is 0.318 e. The maximum absolute atomic E-state index is 13.6. The number of ether oxygens (including phenoxy) is 1. The van der Waals surface area contributed by atoms with Gasteiger partial charge < -0.3 is 20.3 Å². The normalized spacial score (nSPS) is 13.6. The first kappa shape index (κ1) is 22.9. The third-order valence-electron chi connectivity index (χ3n) is 5.23. The second-order valence-electron chi connectivity index (χ2n) is 8.20. The zero-order chi connectivity index (χ0) is 23.5. The topological polar surface area (TPSA) is 79.4 Å². The van der Waals surface area contributed by atoms with Gasteiger partial charge in [-0.2, -0.15) is 9.97 Å². The van der Waals surface area contributed by atoms with Crippen LogP contribution in [0.2, 0.25) is 5.02 Å². The number of hydrogen-bond acceptors (Lipinski definition) is 6. The molecule has 0 aliphatic heterocycles. The molecule has 2 aromatic carbocycles. The van der Waals surface area contributed by atoms with E-state index in [4.69, 9.17) is 16.3 Å². The van der Waals surface area contributed by atoms with Crippen LogP contribution >= 0.6 is 11.6 Å². The van der Waals surface area contributed by atoms with E-state index in [0.29, 0.717) is 34.9 Å². The Morgan fingerprint density at radius 1 is 1.27 bits per heavy atom. The molecule has 1 heterocycles. The molecule has 1 aliphatic rings. The molecule has 0 saturated heterocycles. The van der Waals surface area contributed by atoms with E-state index in [0.717, 1.165) is 24.1 Å². The molecule has 0 radical (unpaired) electrons. The van der Waals surface area contributed by atoms with Crippen molar-refractivity contribution in [3.63, 3.8) is 0 Å². The Labute approximate surface area is 196 Å². The molecular formula is C24H25ClFN5O2. The largest absolute Gasteiger partial charge is 0.467 e. The highest BCUT2D eigenvalue weighted by Crippen LogP contribution is 2.45. The number of nitrogens with one attached hydrogen (secondary N) is 2. The third-order valence-corrected chi connectivity index (χ3v) is 5.52. The van der Waals surface area contributed by atoms with Crippen LogP contribution in [-0.4, -0.2) is 48.5 Å². The molecule has 1 saturated carbocycles. The van der Waals surface area contributed by atoms with Crippen molar-refractivity contribution < 1.29 is 13.9 Å². The van der Waals surface area contributed by atoms with E-state index in [2.05, 4.69) is 20.6 Å². The van der Waals surface area contributed by atoms with Crippen molar-refractivity contribution in [2.45, 2.75) is 18.8 Å². The number of anilines is 3. The molecule has 9 heteroatoms. The molecule has 3 aromatic rings. The predicted octanol–water partition coefficient (Wildman–Crippen LogP) is 5.11. The number of hydrogen-bond donors (Lipinski definition) is 2. The Kier molecular flexibility index (Phi) is 6.76. The van der Waals surface area contributed by atoms with Crippen molar-refractivity contribution >= 4 is 45.6 Å². The molecule has 2 N–H and O–H groups in total. The average Bonchev–Trinajstić information content (AvgIpc) is 3.61. The van der Waals surface area contributed by atoms with Gasteiger partial charge in [-0.25, -0.2) is 4.39 Å². The summed E-state index contributed by atoms with van der Waals surface area (Å²) in [6.45, 7) is 0.669. The first-order chi connectivity index (χ1) is 15.8. The van der Waals surface area contributed by atoms with Crippen LogP contribution in [0.1, 0.15) is 24.3 Å². The summed E-state index contributed by atoms with van der Waals surface area (Å²) in [6.07, 6.45) is 5.47. The van der Waals surface area contributed by atoms with Gasteiger partial charge in [-0.05, 0) is 68.8 Å². The van der Waals surface area contributed by atoms with Crippen molar-refractivity contribution in [1.82, 2.24) is 14.9 Å². The lowest BCUT2D eigenvalue weighted by atomic mass is 10.0. The van der Waals surface area contributed by atoms with Gasteiger partial charge in [0.25, 0.3) is 0 Å². The monoisotopic (exact) mass is 469 g/mol. The second kappa shape index (κ2) is 9.72. The molecule has 1 aromatic heterocycles. The van der Waals surface area contributed by atoms with Crippen molar-refractivity contribution in [3.05, 3.63) is 58.9 Å². The predicted molar refractivity (Wildman–Crippen MR) is 129 cm³/mol. The highest BCUT2D eigenvalue weighted by Gasteiger charge is 2.28. The van der Waals surface area contributed by atoms with E-state index in [-0.39, 0.29) is 16.9 Å². The first-order valence-electron chi connectivity index (χ1n) is 10.6. The quantitative estimate of drug-likeness (QED) is 0.446. The van der Waals surface area contributed by atoms with Gasteiger partial charge in [-0.3, -0.25) is 4.79 Å². The van der Waals surface area contributed by atoms with E-state index in [1.807, 2.05) is 37.2 Å². The Bertz CT molecular complexity index is 1230. The fourth-order valence-electron chi connectivity index (χ4n) is 3.45. The molecule has 0 bridgehead atoms. The molecular weight excluding hydrogens is 445 g/mol. The maximum Gasteiger partial charge on any atom is 0.318 e. The van der Waals surface area contributed by atoms with Gasteiger partial charge in [-0.1, -0.05) is 17.7 Å². The van der Waals surface area contributed by atoms with Crippen LogP contribution in [0.25, 0.3) is 10.9 Å². The lowest BCUT2D eigenvalue weighted by Gasteiger charge is -2.15. The highest BCUT2D eigenvalue weighted by atomic mass is 35.5. The van der Waals surface area contributed by atoms with Crippen molar-refractivity contribution in [3.8, 4) is 6.01 Å². The molecule has 4 rings (SSSR count). The highest BCUT2D eigenvalue weighted by molar-refractivity contribution is 6.31. The summed E-state index contributed by atoms with van der Waals surface area (Å²) in [5, 5.41) is 6.86. The second-order valence-corrected chi connectivity index (χ2v) is 8.60. The van der Waals surface area contributed by atoms with E-state index in [9.17, 15) is 9.18 Å². The summed E-state index contributed by atoms with van der Waals surface area (Å²) in [5.74, 6) is 0.130. The van der Waals surface area contributed by atoms with Crippen LogP contribution in [0, 0.1) is 5.82 Å². The van der Waals surface area contributed by atoms with E-state index >= 15 is 0 Å². The number of halogens is 2. The average molecular weight is 470 g/mol. The molecule has 1 amide bonds. The van der Waals surface area contributed by atoms with Crippen molar-refractivity contribution in [2.24, 2.45) is 0 Å². The van der Waals surface area contributed by atoms with Crippen LogP contribution in [-0.2, 0) is 4.79 Å². The van der Waals surface area contributed by atoms with Crippen molar-refractivity contribution in [1.29, 1.82) is 0 Å². The Morgan fingerprint density at radius 3 is 2.73 bits per heavy atom. The van der Waals surface area contributed by atoms with Gasteiger partial charge in [0.1, 0.15) is 11.6 Å². The summed E-state index contributed by atoms with van der Waals surface area (Å²) in [4.78, 5) is 23.4. The molecule has 7 nitrogen and oxygen atoms in total. The standard InChI is InChI=1S/C24H25ClFN5O2/c1-31(2)10-4-5-22(32)28-20-13-17-21(12-16(20)14-6-7-14)29-24(33-3)30-23(17)27-15-8-9-19(26)18(25)11-15/h4-5,8-9,11-14H,6-7,10H2,1-3H3,(H,28,32)(H,27,29,30). The summed E-state index contributed by atoms with van der Waals surface area (Å²) in [5.41, 5.74) is 3.00. The fourth-order valence-corrected chi connectivity index (χ4v) is 3.63. The molecule has 0 atom stereocenters. The van der Waals surface area contributed by atoms with Crippen LogP contribution < -0.4 is 15.4 Å². The number of rotatable bonds is 8. The zero-order valence-electron chi connectivity index (χ0n) is 18.7. The fraction of sp³-hybridized carbons (Fsp3) is 0.292. The third kappa shape index (κ3) is 5.58. The summed E-state index contributed by atoms with van der Waals surface area (Å²) < 4.78 is 18.9. The van der Waals surface area contributed by atoms with E-state index in [1.165, 1.54) is 25.3 Å². The van der Waals surface area contributed by atoms with Crippen LogP contribution in [0.3, 0.4) is 0 Å². The number of benzene rings is 2. The van der Waals surface area contributed by atoms with Crippen molar-refractivity contribution in [2.75, 3.05) is 38.4 Å². The number of methoxy groups -OCH3 is 1. The Hall–Kier alpha value is -3.23. The molecule has 1 aliphatic carbocycles. The van der Waals surface area contributed by atoms with Crippen LogP contribution in [0.5, 0.6) is 6.01 Å². The van der Waals surface area contributed by atoms with Gasteiger partial charge >= 0.3 is 6.01 Å². The lowest BCUT2D eigenvalue weighted by molar-refractivity contribution is -0.111. The SMILES string of the molecule is COc1nc(Nc2ccc(F)c(Cl)c2)c2cc(NC(=O)C=CCN(C)C)c(C3CC3)cc2n1. The number of nitrogens with zero attached hydrogens (tertiary/aromatic N) is 3. The maximum atomic E-state index is 13.6. The number of aromatic nitrogens is 2. The first-order valence-corrected chi connectivity index (χ1v) is 11.0. The van der Waals surface area contributed by atoms with Gasteiger partial charge in [0.05, 0.1) is 17.6 Å². The number of likely N-dealkylation sites (N-methyl/N-ethyl adjacent to an activating group) is 1.